The van der Waals surface area contributed by atoms with Gasteiger partial charge in [-0.2, -0.15) is 0 Å². The maximum absolute atomic E-state index is 14.1. The second-order valence-corrected chi connectivity index (χ2v) is 13.1. The molecule has 2 aromatic heterocycles. The molecule has 1 aliphatic rings. The van der Waals surface area contributed by atoms with Crippen LogP contribution < -0.4 is 15.0 Å². The fraction of sp³-hybridized carbons (Fsp3) is 0.600. The summed E-state index contributed by atoms with van der Waals surface area (Å²) in [5.41, 5.74) is 3.80. The minimum Gasteiger partial charge on any atom is -0.493 e. The fourth-order valence-electron chi connectivity index (χ4n) is 6.35. The monoisotopic (exact) mass is 589 g/mol. The topological polar surface area (TPSA) is 64.2 Å². The fourth-order valence-corrected chi connectivity index (χ4v) is 6.35. The molecule has 0 spiro atoms. The number of aryl methyl sites for hydroxylation is 1. The predicted octanol–water partition coefficient (Wildman–Crippen LogP) is 6.59. The van der Waals surface area contributed by atoms with E-state index >= 15 is 0 Å². The van der Waals surface area contributed by atoms with Crippen LogP contribution in [0, 0.1) is 11.8 Å². The summed E-state index contributed by atoms with van der Waals surface area (Å²) in [7, 11) is 3.20. The van der Waals surface area contributed by atoms with Crippen molar-refractivity contribution in [2.45, 2.75) is 79.3 Å². The van der Waals surface area contributed by atoms with Crippen LogP contribution in [0.2, 0.25) is 0 Å². The Kier molecular flexibility index (Phi) is 10.3. The van der Waals surface area contributed by atoms with Crippen molar-refractivity contribution in [2.24, 2.45) is 11.8 Å². The van der Waals surface area contributed by atoms with Crippen molar-refractivity contribution in [2.75, 3.05) is 46.9 Å². The van der Waals surface area contributed by atoms with Gasteiger partial charge in [0.25, 0.3) is 5.56 Å². The maximum atomic E-state index is 14.1. The number of likely N-dealkylation sites (tertiary alicyclic amines) is 1. The molecule has 4 aromatic rings. The molecule has 8 heteroatoms. The number of benzene rings is 2. The van der Waals surface area contributed by atoms with Gasteiger partial charge in [0.1, 0.15) is 0 Å². The standard InChI is InChI=1S/C35H51N5O3/c1-25(2)13-19-38(20-14-26(3)4)24-27-11-12-30-31(21-27)39(18-10-17-37-15-8-7-9-16-37)35-36-29-23-33(43-6)32(42-5)22-28(29)34(41)40(30)35/h11-12,21-23,25-26H,7-10,13-20,24H2,1-6H3. The third-order valence-electron chi connectivity index (χ3n) is 8.93. The van der Waals surface area contributed by atoms with Gasteiger partial charge in [0.05, 0.1) is 36.2 Å². The van der Waals surface area contributed by atoms with Crippen molar-refractivity contribution < 1.29 is 9.47 Å². The van der Waals surface area contributed by atoms with Crippen LogP contribution in [-0.4, -0.2) is 70.7 Å². The van der Waals surface area contributed by atoms with Crippen molar-refractivity contribution >= 4 is 27.7 Å². The number of methoxy groups -OCH3 is 2. The first-order valence-corrected chi connectivity index (χ1v) is 16.3. The molecule has 0 N–H and O–H groups in total. The van der Waals surface area contributed by atoms with E-state index < -0.39 is 0 Å². The van der Waals surface area contributed by atoms with Crippen molar-refractivity contribution in [1.29, 1.82) is 0 Å². The molecule has 0 amide bonds. The van der Waals surface area contributed by atoms with E-state index in [0.717, 1.165) is 50.2 Å². The molecular formula is C35H51N5O3. The van der Waals surface area contributed by atoms with Gasteiger partial charge in [-0.05, 0) is 100 Å². The molecule has 5 rings (SSSR count). The van der Waals surface area contributed by atoms with Crippen LogP contribution in [0.3, 0.4) is 0 Å². The minimum absolute atomic E-state index is 0.0797. The van der Waals surface area contributed by atoms with Gasteiger partial charge in [-0.3, -0.25) is 9.69 Å². The van der Waals surface area contributed by atoms with E-state index in [0.29, 0.717) is 40.0 Å². The largest absolute Gasteiger partial charge is 0.493 e. The van der Waals surface area contributed by atoms with E-state index in [2.05, 4.69) is 60.3 Å². The molecule has 234 valence electrons. The molecule has 0 bridgehead atoms. The van der Waals surface area contributed by atoms with E-state index in [1.165, 1.54) is 50.8 Å². The molecule has 0 saturated carbocycles. The van der Waals surface area contributed by atoms with Gasteiger partial charge in [-0.15, -0.1) is 0 Å². The summed E-state index contributed by atoms with van der Waals surface area (Å²) in [5.74, 6) is 3.15. The molecule has 1 saturated heterocycles. The second kappa shape index (κ2) is 14.1. The number of imidazole rings is 1. The molecular weight excluding hydrogens is 538 g/mol. The maximum Gasteiger partial charge on any atom is 0.267 e. The lowest BCUT2D eigenvalue weighted by Crippen LogP contribution is -2.31. The minimum atomic E-state index is -0.0797. The highest BCUT2D eigenvalue weighted by molar-refractivity contribution is 5.88. The highest BCUT2D eigenvalue weighted by Gasteiger charge is 2.20. The summed E-state index contributed by atoms with van der Waals surface area (Å²) in [6, 6.07) is 10.2. The predicted molar refractivity (Wildman–Crippen MR) is 177 cm³/mol. The van der Waals surface area contributed by atoms with E-state index in [1.54, 1.807) is 24.7 Å². The Balaban J connectivity index is 1.58. The van der Waals surface area contributed by atoms with Crippen molar-refractivity contribution in [3.05, 3.63) is 46.2 Å². The van der Waals surface area contributed by atoms with E-state index in [-0.39, 0.29) is 5.56 Å². The van der Waals surface area contributed by atoms with Gasteiger partial charge >= 0.3 is 0 Å². The SMILES string of the molecule is COc1cc2nc3n(CCCN4CCCCC4)c4cc(CN(CCC(C)C)CCC(C)C)ccc4n3c(=O)c2cc1OC. The van der Waals surface area contributed by atoms with Gasteiger partial charge in [0.15, 0.2) is 11.5 Å². The Bertz CT molecular complexity index is 1570. The molecule has 8 nitrogen and oxygen atoms in total. The van der Waals surface area contributed by atoms with Crippen molar-refractivity contribution in [1.82, 2.24) is 23.8 Å². The quantitative estimate of drug-likeness (QED) is 0.165. The first kappa shape index (κ1) is 31.3. The van der Waals surface area contributed by atoms with Crippen LogP contribution >= 0.6 is 0 Å². The number of rotatable bonds is 14. The lowest BCUT2D eigenvalue weighted by atomic mass is 10.1. The first-order chi connectivity index (χ1) is 20.8. The van der Waals surface area contributed by atoms with Crippen LogP contribution in [0.15, 0.2) is 35.1 Å². The number of hydrogen-bond acceptors (Lipinski definition) is 6. The number of hydrogen-bond donors (Lipinski definition) is 0. The second-order valence-electron chi connectivity index (χ2n) is 13.1. The molecule has 3 heterocycles. The van der Waals surface area contributed by atoms with E-state index in [9.17, 15) is 4.79 Å². The molecule has 1 fully saturated rings. The highest BCUT2D eigenvalue weighted by atomic mass is 16.5. The van der Waals surface area contributed by atoms with E-state index in [4.69, 9.17) is 14.5 Å². The Hall–Kier alpha value is -3.10. The summed E-state index contributed by atoms with van der Waals surface area (Å²) in [6.07, 6.45) is 7.31. The Morgan fingerprint density at radius 3 is 2.19 bits per heavy atom. The highest BCUT2D eigenvalue weighted by Crippen LogP contribution is 2.31. The summed E-state index contributed by atoms with van der Waals surface area (Å²) < 4.78 is 15.1. The number of piperidine rings is 1. The molecule has 0 atom stereocenters. The molecule has 1 aliphatic heterocycles. The van der Waals surface area contributed by atoms with Gasteiger partial charge in [-0.25, -0.2) is 9.38 Å². The average Bonchev–Trinajstić information content (AvgIpc) is 3.30. The normalized spacial score (nSPS) is 14.7. The zero-order chi connectivity index (χ0) is 30.5. The summed E-state index contributed by atoms with van der Waals surface area (Å²) in [6.45, 7) is 16.5. The van der Waals surface area contributed by atoms with Gasteiger partial charge in [-0.1, -0.05) is 40.2 Å². The lowest BCUT2D eigenvalue weighted by Gasteiger charge is -2.26. The Morgan fingerprint density at radius 2 is 1.53 bits per heavy atom. The number of ether oxygens (including phenoxy) is 2. The average molecular weight is 590 g/mol. The van der Waals surface area contributed by atoms with E-state index in [1.807, 2.05) is 6.07 Å². The smallest absolute Gasteiger partial charge is 0.267 e. The Morgan fingerprint density at radius 1 is 0.860 bits per heavy atom. The van der Waals surface area contributed by atoms with Gasteiger partial charge in [0.2, 0.25) is 5.78 Å². The first-order valence-electron chi connectivity index (χ1n) is 16.3. The third kappa shape index (κ3) is 7.18. The molecule has 0 aliphatic carbocycles. The van der Waals surface area contributed by atoms with Crippen LogP contribution in [0.1, 0.15) is 71.8 Å². The Labute approximate surface area is 256 Å². The number of aromatic nitrogens is 3. The van der Waals surface area contributed by atoms with Gasteiger partial charge in [0, 0.05) is 19.2 Å². The molecule has 43 heavy (non-hydrogen) atoms. The van der Waals surface area contributed by atoms with Crippen LogP contribution in [0.25, 0.3) is 27.7 Å². The molecule has 2 aromatic carbocycles. The van der Waals surface area contributed by atoms with Crippen LogP contribution in [0.5, 0.6) is 11.5 Å². The molecule has 0 unspecified atom stereocenters. The number of fused-ring (bicyclic) bond motifs is 4. The third-order valence-corrected chi connectivity index (χ3v) is 8.93. The van der Waals surface area contributed by atoms with Crippen LogP contribution in [-0.2, 0) is 13.1 Å². The van der Waals surface area contributed by atoms with Crippen molar-refractivity contribution in [3.63, 3.8) is 0 Å². The summed E-state index contributed by atoms with van der Waals surface area (Å²) >= 11 is 0. The van der Waals surface area contributed by atoms with Crippen molar-refractivity contribution in [3.8, 4) is 11.5 Å². The summed E-state index contributed by atoms with van der Waals surface area (Å²) in [4.78, 5) is 24.3. The lowest BCUT2D eigenvalue weighted by molar-refractivity contribution is 0.223. The zero-order valence-corrected chi connectivity index (χ0v) is 27.2. The zero-order valence-electron chi connectivity index (χ0n) is 27.2. The summed E-state index contributed by atoms with van der Waals surface area (Å²) in [5, 5.41) is 0.528. The van der Waals surface area contributed by atoms with Crippen LogP contribution in [0.4, 0.5) is 0 Å². The van der Waals surface area contributed by atoms with Gasteiger partial charge < -0.3 is 18.9 Å². The number of nitrogens with zero attached hydrogens (tertiary/aromatic N) is 5. The molecule has 0 radical (unpaired) electrons.